The summed E-state index contributed by atoms with van der Waals surface area (Å²) in [5, 5.41) is 0. The third-order valence-electron chi connectivity index (χ3n) is 2.77. The zero-order chi connectivity index (χ0) is 11.5. The van der Waals surface area contributed by atoms with Gasteiger partial charge in [0, 0.05) is 28.2 Å². The van der Waals surface area contributed by atoms with Crippen molar-refractivity contribution >= 4 is 21.7 Å². The summed E-state index contributed by atoms with van der Waals surface area (Å²) < 4.78 is 0.938. The third-order valence-corrected chi connectivity index (χ3v) is 3.24. The van der Waals surface area contributed by atoms with Crippen LogP contribution in [-0.4, -0.2) is 10.8 Å². The number of rotatable bonds is 4. The summed E-state index contributed by atoms with van der Waals surface area (Å²) in [7, 11) is 0. The molecule has 0 aliphatic heterocycles. The van der Waals surface area contributed by atoms with E-state index in [2.05, 4.69) is 20.9 Å². The molecule has 0 saturated carbocycles. The van der Waals surface area contributed by atoms with Crippen LogP contribution in [0.15, 0.2) is 22.8 Å². The molecule has 0 N–H and O–H groups in total. The predicted molar refractivity (Wildman–Crippen MR) is 64.7 cm³/mol. The van der Waals surface area contributed by atoms with Crippen LogP contribution < -0.4 is 0 Å². The van der Waals surface area contributed by atoms with Gasteiger partial charge in [0.15, 0.2) is 0 Å². The average Bonchev–Trinajstić information content (AvgIpc) is 2.21. The summed E-state index contributed by atoms with van der Waals surface area (Å²) in [5.74, 6) is 0.250. The highest BCUT2D eigenvalue weighted by Crippen LogP contribution is 2.22. The first-order valence-corrected chi connectivity index (χ1v) is 5.89. The lowest BCUT2D eigenvalue weighted by atomic mass is 9.83. The monoisotopic (exact) mass is 269 g/mol. The molecule has 2 nitrogen and oxygen atoms in total. The van der Waals surface area contributed by atoms with Gasteiger partial charge in [-0.2, -0.15) is 0 Å². The van der Waals surface area contributed by atoms with Gasteiger partial charge in [0.25, 0.3) is 0 Å². The number of ketones is 1. The summed E-state index contributed by atoms with van der Waals surface area (Å²) in [6, 6.07) is 3.79. The zero-order valence-electron chi connectivity index (χ0n) is 9.38. The lowest BCUT2D eigenvalue weighted by Crippen LogP contribution is -2.25. The molecular weight excluding hydrogens is 254 g/mol. The van der Waals surface area contributed by atoms with E-state index in [0.717, 1.165) is 16.6 Å². The van der Waals surface area contributed by atoms with E-state index in [1.54, 1.807) is 6.20 Å². The van der Waals surface area contributed by atoms with Crippen LogP contribution in [0.3, 0.4) is 0 Å². The molecule has 0 aromatic carbocycles. The van der Waals surface area contributed by atoms with Gasteiger partial charge in [0.1, 0.15) is 5.78 Å². The number of carbonyl (C=O) groups is 1. The van der Waals surface area contributed by atoms with Gasteiger partial charge in [-0.1, -0.05) is 20.8 Å². The van der Waals surface area contributed by atoms with E-state index in [4.69, 9.17) is 0 Å². The van der Waals surface area contributed by atoms with E-state index in [-0.39, 0.29) is 11.2 Å². The fourth-order valence-electron chi connectivity index (χ4n) is 1.11. The minimum Gasteiger partial charge on any atom is -0.299 e. The van der Waals surface area contributed by atoms with Gasteiger partial charge < -0.3 is 0 Å². The highest BCUT2D eigenvalue weighted by atomic mass is 79.9. The molecule has 3 heteroatoms. The molecule has 0 unspecified atom stereocenters. The number of Topliss-reactive ketones (excluding diaryl/α,β-unsaturated/α-hetero) is 1. The molecule has 0 atom stereocenters. The van der Waals surface area contributed by atoms with Gasteiger partial charge in [-0.15, -0.1) is 0 Å². The topological polar surface area (TPSA) is 30.0 Å². The predicted octanol–water partition coefficient (Wildman–Crippen LogP) is 3.39. The Balaban J connectivity index is 2.71. The molecule has 1 aromatic rings. The number of halogens is 1. The van der Waals surface area contributed by atoms with E-state index in [9.17, 15) is 4.79 Å². The molecule has 0 amide bonds. The Morgan fingerprint density at radius 2 is 2.13 bits per heavy atom. The molecule has 1 aromatic heterocycles. The Morgan fingerprint density at radius 3 is 2.60 bits per heavy atom. The van der Waals surface area contributed by atoms with Crippen molar-refractivity contribution < 1.29 is 4.79 Å². The van der Waals surface area contributed by atoms with Gasteiger partial charge in [0.2, 0.25) is 0 Å². The maximum absolute atomic E-state index is 11.9. The van der Waals surface area contributed by atoms with Crippen LogP contribution in [-0.2, 0) is 11.2 Å². The Bertz CT molecular complexity index is 343. The highest BCUT2D eigenvalue weighted by Gasteiger charge is 2.25. The summed E-state index contributed by atoms with van der Waals surface area (Å²) in [6.07, 6.45) is 3.01. The number of aromatic nitrogens is 1. The number of hydrogen-bond donors (Lipinski definition) is 0. The van der Waals surface area contributed by atoms with Crippen molar-refractivity contribution in [1.82, 2.24) is 4.98 Å². The maximum Gasteiger partial charge on any atom is 0.144 e. The standard InChI is InChI=1S/C12H16BrNO/c1-4-12(2,3)11(15)7-10-6-5-9(13)8-14-10/h5-6,8H,4,7H2,1-3H3. The van der Waals surface area contributed by atoms with E-state index in [1.165, 1.54) is 0 Å². The van der Waals surface area contributed by atoms with Crippen LogP contribution in [0.5, 0.6) is 0 Å². The Kier molecular flexibility index (Phi) is 4.03. The van der Waals surface area contributed by atoms with Crippen LogP contribution in [0.2, 0.25) is 0 Å². The van der Waals surface area contributed by atoms with Crippen LogP contribution >= 0.6 is 15.9 Å². The molecule has 0 spiro atoms. The quantitative estimate of drug-likeness (QED) is 0.839. The van der Waals surface area contributed by atoms with Crippen LogP contribution in [0.4, 0.5) is 0 Å². The third kappa shape index (κ3) is 3.42. The van der Waals surface area contributed by atoms with Gasteiger partial charge in [-0.3, -0.25) is 9.78 Å². The number of nitrogens with zero attached hydrogens (tertiary/aromatic N) is 1. The molecule has 0 saturated heterocycles. The number of pyridine rings is 1. The van der Waals surface area contributed by atoms with Gasteiger partial charge >= 0.3 is 0 Å². The molecule has 0 bridgehead atoms. The SMILES string of the molecule is CCC(C)(C)C(=O)Cc1ccc(Br)cn1. The van der Waals surface area contributed by atoms with Crippen molar-refractivity contribution in [2.75, 3.05) is 0 Å². The van der Waals surface area contributed by atoms with Crippen LogP contribution in [0.25, 0.3) is 0 Å². The van der Waals surface area contributed by atoms with Gasteiger partial charge in [-0.05, 0) is 34.5 Å². The zero-order valence-corrected chi connectivity index (χ0v) is 11.0. The molecule has 0 radical (unpaired) electrons. The Labute approximate surface area is 99.2 Å². The van der Waals surface area contributed by atoms with Crippen molar-refractivity contribution in [3.63, 3.8) is 0 Å². The van der Waals surface area contributed by atoms with Crippen LogP contribution in [0, 0.1) is 5.41 Å². The second kappa shape index (κ2) is 4.88. The maximum atomic E-state index is 11.9. The van der Waals surface area contributed by atoms with Gasteiger partial charge in [0.05, 0.1) is 0 Å². The fourth-order valence-corrected chi connectivity index (χ4v) is 1.35. The first kappa shape index (κ1) is 12.4. The normalized spacial score (nSPS) is 11.5. The second-order valence-corrected chi connectivity index (χ2v) is 5.22. The summed E-state index contributed by atoms with van der Waals surface area (Å²) in [6.45, 7) is 6.00. The average molecular weight is 270 g/mol. The first-order chi connectivity index (χ1) is 6.95. The Hall–Kier alpha value is -0.700. The minimum absolute atomic E-state index is 0.241. The Morgan fingerprint density at radius 1 is 1.47 bits per heavy atom. The molecule has 1 heterocycles. The fraction of sp³-hybridized carbons (Fsp3) is 0.500. The van der Waals surface area contributed by atoms with Crippen LogP contribution in [0.1, 0.15) is 32.9 Å². The first-order valence-electron chi connectivity index (χ1n) is 5.09. The molecule has 0 fully saturated rings. The largest absolute Gasteiger partial charge is 0.299 e. The number of hydrogen-bond acceptors (Lipinski definition) is 2. The summed E-state index contributed by atoms with van der Waals surface area (Å²) >= 11 is 3.32. The lowest BCUT2D eigenvalue weighted by molar-refractivity contribution is -0.126. The summed E-state index contributed by atoms with van der Waals surface area (Å²) in [5.41, 5.74) is 0.596. The molecule has 82 valence electrons. The van der Waals surface area contributed by atoms with Crippen molar-refractivity contribution in [2.24, 2.45) is 5.41 Å². The lowest BCUT2D eigenvalue weighted by Gasteiger charge is -2.20. The molecule has 0 aliphatic rings. The van der Waals surface area contributed by atoms with E-state index < -0.39 is 0 Å². The molecule has 1 rings (SSSR count). The van der Waals surface area contributed by atoms with E-state index in [1.807, 2.05) is 32.9 Å². The second-order valence-electron chi connectivity index (χ2n) is 4.31. The molecule has 15 heavy (non-hydrogen) atoms. The minimum atomic E-state index is -0.241. The molecule has 0 aliphatic carbocycles. The highest BCUT2D eigenvalue weighted by molar-refractivity contribution is 9.10. The molecular formula is C12H16BrNO. The van der Waals surface area contributed by atoms with Crippen molar-refractivity contribution in [3.05, 3.63) is 28.5 Å². The van der Waals surface area contributed by atoms with Crippen molar-refractivity contribution in [3.8, 4) is 0 Å². The van der Waals surface area contributed by atoms with E-state index >= 15 is 0 Å². The smallest absolute Gasteiger partial charge is 0.144 e. The van der Waals surface area contributed by atoms with E-state index in [0.29, 0.717) is 6.42 Å². The number of carbonyl (C=O) groups excluding carboxylic acids is 1. The van der Waals surface area contributed by atoms with Crippen molar-refractivity contribution in [1.29, 1.82) is 0 Å². The van der Waals surface area contributed by atoms with Crippen molar-refractivity contribution in [2.45, 2.75) is 33.6 Å². The summed E-state index contributed by atoms with van der Waals surface area (Å²) in [4.78, 5) is 16.1. The van der Waals surface area contributed by atoms with Gasteiger partial charge in [-0.25, -0.2) is 0 Å².